The normalized spacial score (nSPS) is 16.4. The van der Waals surface area contributed by atoms with Crippen molar-refractivity contribution >= 4 is 16.8 Å². The third kappa shape index (κ3) is 5.39. The first-order chi connectivity index (χ1) is 13.5. The molecule has 0 saturated carbocycles. The van der Waals surface area contributed by atoms with Crippen LogP contribution in [-0.2, 0) is 16.0 Å². The molecule has 2 aromatic rings. The van der Waals surface area contributed by atoms with Gasteiger partial charge < -0.3 is 15.0 Å². The lowest BCUT2D eigenvalue weighted by Gasteiger charge is -2.36. The second-order valence-corrected chi connectivity index (χ2v) is 7.65. The van der Waals surface area contributed by atoms with Crippen molar-refractivity contribution in [3.8, 4) is 0 Å². The summed E-state index contributed by atoms with van der Waals surface area (Å²) in [5.41, 5.74) is 0.561. The van der Waals surface area contributed by atoms with Gasteiger partial charge in [0.05, 0.1) is 24.1 Å². The van der Waals surface area contributed by atoms with Crippen LogP contribution in [0.25, 0.3) is 10.9 Å². The summed E-state index contributed by atoms with van der Waals surface area (Å²) in [5.74, 6) is 1.14. The predicted molar refractivity (Wildman–Crippen MR) is 109 cm³/mol. The Morgan fingerprint density at radius 1 is 1.29 bits per heavy atom. The lowest BCUT2D eigenvalue weighted by Crippen LogP contribution is -2.51. The minimum atomic E-state index is -0.129. The Morgan fingerprint density at radius 3 is 2.79 bits per heavy atom. The van der Waals surface area contributed by atoms with Crippen molar-refractivity contribution in [1.82, 2.24) is 20.2 Å². The second-order valence-electron chi connectivity index (χ2n) is 7.65. The zero-order valence-electron chi connectivity index (χ0n) is 16.7. The predicted octanol–water partition coefficient (Wildman–Crippen LogP) is 1.72. The average molecular weight is 386 g/mol. The number of hydrogen-bond donors (Lipinski definition) is 2. The van der Waals surface area contributed by atoms with Crippen LogP contribution in [-0.4, -0.2) is 59.7 Å². The Kier molecular flexibility index (Phi) is 7.17. The van der Waals surface area contributed by atoms with Gasteiger partial charge in [-0.2, -0.15) is 0 Å². The molecule has 1 amide bonds. The van der Waals surface area contributed by atoms with Crippen LogP contribution in [0.1, 0.15) is 32.5 Å². The standard InChI is InChI=1S/C21H30N4O3/c1-15(2)18(25-10-12-28-13-11-25)14-22-20(26)9-5-8-19-23-17-7-4-3-6-16(17)21(27)24-19/h3-4,6-7,15,18H,5,8-14H2,1-2H3,(H,22,26)(H,23,24,27). The van der Waals surface area contributed by atoms with E-state index in [4.69, 9.17) is 4.74 Å². The Hall–Kier alpha value is -2.25. The van der Waals surface area contributed by atoms with Crippen LogP contribution in [0.5, 0.6) is 0 Å². The summed E-state index contributed by atoms with van der Waals surface area (Å²) in [6.45, 7) is 8.38. The summed E-state index contributed by atoms with van der Waals surface area (Å²) in [6.07, 6.45) is 1.64. The van der Waals surface area contributed by atoms with Gasteiger partial charge in [0.1, 0.15) is 5.82 Å². The van der Waals surface area contributed by atoms with Crippen LogP contribution in [0.3, 0.4) is 0 Å². The number of morpholine rings is 1. The number of fused-ring (bicyclic) bond motifs is 1. The van der Waals surface area contributed by atoms with Crippen molar-refractivity contribution < 1.29 is 9.53 Å². The molecule has 152 valence electrons. The molecule has 0 radical (unpaired) electrons. The van der Waals surface area contributed by atoms with Crippen molar-refractivity contribution in [2.24, 2.45) is 5.92 Å². The molecule has 1 aliphatic rings. The maximum absolute atomic E-state index is 12.3. The number of ether oxygens (including phenoxy) is 1. The van der Waals surface area contributed by atoms with Crippen molar-refractivity contribution in [3.05, 3.63) is 40.4 Å². The molecule has 1 unspecified atom stereocenters. The maximum atomic E-state index is 12.3. The highest BCUT2D eigenvalue weighted by Crippen LogP contribution is 2.12. The van der Waals surface area contributed by atoms with Gasteiger partial charge in [0.2, 0.25) is 5.91 Å². The molecule has 0 spiro atoms. The molecule has 1 atom stereocenters. The molecule has 2 N–H and O–H groups in total. The molecule has 7 heteroatoms. The number of aryl methyl sites for hydroxylation is 1. The van der Waals surface area contributed by atoms with Crippen LogP contribution in [0.2, 0.25) is 0 Å². The SMILES string of the molecule is CC(C)C(CNC(=O)CCCc1nc2ccccc2c(=O)[nH]1)N1CCOCC1. The summed E-state index contributed by atoms with van der Waals surface area (Å²) in [5, 5.41) is 3.66. The van der Waals surface area contributed by atoms with E-state index in [1.54, 1.807) is 6.07 Å². The number of nitrogens with one attached hydrogen (secondary N) is 2. The number of carbonyl (C=O) groups excluding carboxylic acids is 1. The highest BCUT2D eigenvalue weighted by molar-refractivity contribution is 5.77. The number of carbonyl (C=O) groups is 1. The van der Waals surface area contributed by atoms with E-state index >= 15 is 0 Å². The second kappa shape index (κ2) is 9.80. The molecule has 0 bridgehead atoms. The number of aromatic nitrogens is 2. The smallest absolute Gasteiger partial charge is 0.258 e. The molecule has 1 aromatic heterocycles. The van der Waals surface area contributed by atoms with Gasteiger partial charge in [0.15, 0.2) is 0 Å². The first kappa shape index (κ1) is 20.5. The minimum absolute atomic E-state index is 0.0436. The van der Waals surface area contributed by atoms with E-state index in [1.165, 1.54) is 0 Å². The van der Waals surface area contributed by atoms with E-state index in [9.17, 15) is 9.59 Å². The molecule has 7 nitrogen and oxygen atoms in total. The van der Waals surface area contributed by atoms with E-state index < -0.39 is 0 Å². The van der Waals surface area contributed by atoms with Crippen molar-refractivity contribution in [2.45, 2.75) is 39.2 Å². The fourth-order valence-corrected chi connectivity index (χ4v) is 3.67. The summed E-state index contributed by atoms with van der Waals surface area (Å²) < 4.78 is 5.43. The maximum Gasteiger partial charge on any atom is 0.258 e. The van der Waals surface area contributed by atoms with E-state index in [0.717, 1.165) is 26.3 Å². The van der Waals surface area contributed by atoms with E-state index in [-0.39, 0.29) is 11.5 Å². The zero-order valence-corrected chi connectivity index (χ0v) is 16.7. The molecule has 1 fully saturated rings. The van der Waals surface area contributed by atoms with Gasteiger partial charge in [0.25, 0.3) is 5.56 Å². The molecular weight excluding hydrogens is 356 g/mol. The largest absolute Gasteiger partial charge is 0.379 e. The summed E-state index contributed by atoms with van der Waals surface area (Å²) in [4.78, 5) is 34.1. The number of aromatic amines is 1. The fraction of sp³-hybridized carbons (Fsp3) is 0.571. The first-order valence-electron chi connectivity index (χ1n) is 10.1. The highest BCUT2D eigenvalue weighted by atomic mass is 16.5. The third-order valence-electron chi connectivity index (χ3n) is 5.27. The molecular formula is C21H30N4O3. The molecule has 1 aromatic carbocycles. The summed E-state index contributed by atoms with van der Waals surface area (Å²) in [6, 6.07) is 7.61. The minimum Gasteiger partial charge on any atom is -0.379 e. The number of nitrogens with zero attached hydrogens (tertiary/aromatic N) is 2. The van der Waals surface area contributed by atoms with Crippen molar-refractivity contribution in [3.63, 3.8) is 0 Å². The van der Waals surface area contributed by atoms with Gasteiger partial charge in [-0.15, -0.1) is 0 Å². The number of rotatable bonds is 8. The van der Waals surface area contributed by atoms with Crippen LogP contribution >= 0.6 is 0 Å². The van der Waals surface area contributed by atoms with E-state index in [2.05, 4.69) is 34.0 Å². The van der Waals surface area contributed by atoms with E-state index in [0.29, 0.717) is 54.5 Å². The van der Waals surface area contributed by atoms with Crippen LogP contribution in [0, 0.1) is 5.92 Å². The Morgan fingerprint density at radius 2 is 2.04 bits per heavy atom. The topological polar surface area (TPSA) is 87.3 Å². The van der Waals surface area contributed by atoms with Crippen molar-refractivity contribution in [2.75, 3.05) is 32.8 Å². The van der Waals surface area contributed by atoms with Gasteiger partial charge in [-0.1, -0.05) is 26.0 Å². The van der Waals surface area contributed by atoms with E-state index in [1.807, 2.05) is 18.2 Å². The average Bonchev–Trinajstić information content (AvgIpc) is 2.69. The van der Waals surface area contributed by atoms with Gasteiger partial charge in [0, 0.05) is 38.5 Å². The fourth-order valence-electron chi connectivity index (χ4n) is 3.67. The molecule has 0 aliphatic carbocycles. The summed E-state index contributed by atoms with van der Waals surface area (Å²) in [7, 11) is 0. The lowest BCUT2D eigenvalue weighted by atomic mass is 10.0. The Balaban J connectivity index is 1.47. The lowest BCUT2D eigenvalue weighted by molar-refractivity contribution is -0.121. The van der Waals surface area contributed by atoms with Crippen LogP contribution < -0.4 is 10.9 Å². The molecule has 3 rings (SSSR count). The number of H-pyrrole nitrogens is 1. The van der Waals surface area contributed by atoms with Crippen LogP contribution in [0.15, 0.2) is 29.1 Å². The van der Waals surface area contributed by atoms with Gasteiger partial charge >= 0.3 is 0 Å². The number of para-hydroxylation sites is 1. The number of amides is 1. The van der Waals surface area contributed by atoms with Crippen LogP contribution in [0.4, 0.5) is 0 Å². The monoisotopic (exact) mass is 386 g/mol. The molecule has 2 heterocycles. The molecule has 1 saturated heterocycles. The van der Waals surface area contributed by atoms with Gasteiger partial charge in [-0.25, -0.2) is 4.98 Å². The zero-order chi connectivity index (χ0) is 19.9. The van der Waals surface area contributed by atoms with Gasteiger partial charge in [-0.05, 0) is 24.5 Å². The van der Waals surface area contributed by atoms with Crippen molar-refractivity contribution in [1.29, 1.82) is 0 Å². The third-order valence-corrected chi connectivity index (χ3v) is 5.27. The summed E-state index contributed by atoms with van der Waals surface area (Å²) >= 11 is 0. The molecule has 1 aliphatic heterocycles. The highest BCUT2D eigenvalue weighted by Gasteiger charge is 2.24. The quantitative estimate of drug-likeness (QED) is 0.721. The Bertz CT molecular complexity index is 843. The number of benzene rings is 1. The van der Waals surface area contributed by atoms with Gasteiger partial charge in [-0.3, -0.25) is 14.5 Å². The molecule has 28 heavy (non-hydrogen) atoms. The first-order valence-corrected chi connectivity index (χ1v) is 10.1. The number of hydrogen-bond acceptors (Lipinski definition) is 5. The Labute approximate surface area is 165 Å².